The molecular weight excluding hydrogens is 426 g/mol. The Bertz CT molecular complexity index is 1090. The molecule has 1 amide bonds. The van der Waals surface area contributed by atoms with Crippen LogP contribution in [-0.2, 0) is 27.7 Å². The average molecular weight is 450 g/mol. The second kappa shape index (κ2) is 9.07. The molecule has 3 rings (SSSR count). The highest BCUT2D eigenvalue weighted by molar-refractivity contribution is 7.89. The number of benzene rings is 1. The number of amides is 1. The van der Waals surface area contributed by atoms with E-state index in [0.717, 1.165) is 19.3 Å². The SMILES string of the molecule is CC(=NNC(=O)c1cc2c(s1)CC[C@H](C)C2)c1ccc(S(=O)(=O)NCC(=O)O)cc1. The number of nitrogens with one attached hydrogen (secondary N) is 2. The zero-order valence-corrected chi connectivity index (χ0v) is 18.3. The van der Waals surface area contributed by atoms with Crippen molar-refractivity contribution in [1.29, 1.82) is 0 Å². The van der Waals surface area contributed by atoms with Crippen LogP contribution in [-0.4, -0.2) is 37.7 Å². The monoisotopic (exact) mass is 449 g/mol. The van der Waals surface area contributed by atoms with Gasteiger partial charge < -0.3 is 5.11 Å². The van der Waals surface area contributed by atoms with Gasteiger partial charge in [-0.25, -0.2) is 13.8 Å². The highest BCUT2D eigenvalue weighted by atomic mass is 32.2. The van der Waals surface area contributed by atoms with Gasteiger partial charge in [-0.05, 0) is 61.4 Å². The van der Waals surface area contributed by atoms with Gasteiger partial charge in [0.2, 0.25) is 10.0 Å². The van der Waals surface area contributed by atoms with Crippen molar-refractivity contribution in [2.45, 2.75) is 38.0 Å². The van der Waals surface area contributed by atoms with Crippen LogP contribution in [0.15, 0.2) is 40.3 Å². The Kier molecular flexibility index (Phi) is 6.69. The Balaban J connectivity index is 1.65. The van der Waals surface area contributed by atoms with Crippen molar-refractivity contribution in [2.75, 3.05) is 6.54 Å². The first-order chi connectivity index (χ1) is 14.2. The molecule has 1 aliphatic rings. The Morgan fingerprint density at radius 2 is 1.97 bits per heavy atom. The first kappa shape index (κ1) is 22.1. The summed E-state index contributed by atoms with van der Waals surface area (Å²) in [4.78, 5) is 24.8. The lowest BCUT2D eigenvalue weighted by molar-refractivity contribution is -0.135. The second-order valence-corrected chi connectivity index (χ2v) is 10.2. The molecule has 0 aliphatic heterocycles. The predicted octanol–water partition coefficient (Wildman–Crippen LogP) is 2.39. The molecule has 10 heteroatoms. The molecule has 30 heavy (non-hydrogen) atoms. The summed E-state index contributed by atoms with van der Waals surface area (Å²) in [6.07, 6.45) is 3.15. The van der Waals surface area contributed by atoms with Crippen molar-refractivity contribution in [3.05, 3.63) is 51.2 Å². The van der Waals surface area contributed by atoms with Crippen molar-refractivity contribution in [1.82, 2.24) is 10.1 Å². The van der Waals surface area contributed by atoms with E-state index in [2.05, 4.69) is 17.5 Å². The van der Waals surface area contributed by atoms with Gasteiger partial charge in [0.05, 0.1) is 15.5 Å². The fourth-order valence-electron chi connectivity index (χ4n) is 3.19. The van der Waals surface area contributed by atoms with Crippen LogP contribution in [0.4, 0.5) is 0 Å². The van der Waals surface area contributed by atoms with Crippen LogP contribution in [0, 0.1) is 5.92 Å². The smallest absolute Gasteiger partial charge is 0.318 e. The third-order valence-electron chi connectivity index (χ3n) is 4.87. The summed E-state index contributed by atoms with van der Waals surface area (Å²) in [5.74, 6) is -0.900. The molecular formula is C20H23N3O5S2. The fraction of sp³-hybridized carbons (Fsp3) is 0.350. The van der Waals surface area contributed by atoms with E-state index in [9.17, 15) is 18.0 Å². The number of hydrogen-bond donors (Lipinski definition) is 3. The summed E-state index contributed by atoms with van der Waals surface area (Å²) >= 11 is 1.51. The molecule has 3 N–H and O–H groups in total. The van der Waals surface area contributed by atoms with E-state index in [0.29, 0.717) is 22.1 Å². The number of rotatable bonds is 7. The van der Waals surface area contributed by atoms with Crippen LogP contribution >= 0.6 is 11.3 Å². The molecule has 1 aromatic carbocycles. The quantitative estimate of drug-likeness (QED) is 0.442. The van der Waals surface area contributed by atoms with Crippen molar-refractivity contribution in [3.63, 3.8) is 0 Å². The summed E-state index contributed by atoms with van der Waals surface area (Å²) < 4.78 is 26.1. The Morgan fingerprint density at radius 3 is 2.63 bits per heavy atom. The van der Waals surface area contributed by atoms with Gasteiger partial charge in [-0.1, -0.05) is 19.1 Å². The molecule has 1 aliphatic carbocycles. The zero-order valence-electron chi connectivity index (χ0n) is 16.6. The number of carbonyl (C=O) groups excluding carboxylic acids is 1. The minimum atomic E-state index is -3.90. The third-order valence-corrected chi connectivity index (χ3v) is 7.53. The highest BCUT2D eigenvalue weighted by Crippen LogP contribution is 2.32. The van der Waals surface area contributed by atoms with Crippen LogP contribution in [0.25, 0.3) is 0 Å². The van der Waals surface area contributed by atoms with Crippen molar-refractivity contribution < 1.29 is 23.1 Å². The molecule has 2 aromatic rings. The molecule has 1 heterocycles. The number of hydrazone groups is 1. The molecule has 0 unspecified atom stereocenters. The summed E-state index contributed by atoms with van der Waals surface area (Å²) in [6.45, 7) is 3.22. The topological polar surface area (TPSA) is 125 Å². The minimum absolute atomic E-state index is 0.0530. The van der Waals surface area contributed by atoms with Crippen LogP contribution in [0.1, 0.15) is 45.9 Å². The van der Waals surface area contributed by atoms with Gasteiger partial charge in [0.1, 0.15) is 6.54 Å². The molecule has 0 saturated heterocycles. The van der Waals surface area contributed by atoms with E-state index in [1.54, 1.807) is 19.1 Å². The lowest BCUT2D eigenvalue weighted by Crippen LogP contribution is -2.29. The maximum absolute atomic E-state index is 12.4. The van der Waals surface area contributed by atoms with Crippen LogP contribution in [0.2, 0.25) is 0 Å². The summed E-state index contributed by atoms with van der Waals surface area (Å²) in [7, 11) is -3.90. The molecule has 0 radical (unpaired) electrons. The molecule has 1 aromatic heterocycles. The molecule has 160 valence electrons. The van der Waals surface area contributed by atoms with Crippen LogP contribution < -0.4 is 10.1 Å². The van der Waals surface area contributed by atoms with E-state index in [-0.39, 0.29) is 10.8 Å². The maximum atomic E-state index is 12.4. The van der Waals surface area contributed by atoms with Gasteiger partial charge in [0.15, 0.2) is 0 Å². The van der Waals surface area contributed by atoms with Gasteiger partial charge in [0, 0.05) is 4.88 Å². The Labute approximate surface area is 179 Å². The second-order valence-electron chi connectivity index (χ2n) is 7.29. The van der Waals surface area contributed by atoms with Gasteiger partial charge in [-0.15, -0.1) is 11.3 Å². The van der Waals surface area contributed by atoms with Gasteiger partial charge in [-0.2, -0.15) is 9.82 Å². The summed E-state index contributed by atoms with van der Waals surface area (Å²) in [5, 5.41) is 12.7. The number of hydrogen-bond acceptors (Lipinski definition) is 6. The number of carboxylic acids is 1. The molecule has 0 fully saturated rings. The van der Waals surface area contributed by atoms with Gasteiger partial charge in [0.25, 0.3) is 5.91 Å². The minimum Gasteiger partial charge on any atom is -0.480 e. The van der Waals surface area contributed by atoms with Crippen LogP contribution in [0.3, 0.4) is 0 Å². The molecule has 8 nitrogen and oxygen atoms in total. The number of carbonyl (C=O) groups is 2. The number of fused-ring (bicyclic) bond motifs is 1. The maximum Gasteiger partial charge on any atom is 0.318 e. The lowest BCUT2D eigenvalue weighted by Gasteiger charge is -2.16. The lowest BCUT2D eigenvalue weighted by atomic mass is 9.90. The molecule has 0 saturated carbocycles. The summed E-state index contributed by atoms with van der Waals surface area (Å²) in [5.41, 5.74) is 4.95. The number of aryl methyl sites for hydroxylation is 1. The first-order valence-electron chi connectivity index (χ1n) is 9.44. The van der Waals surface area contributed by atoms with Crippen LogP contribution in [0.5, 0.6) is 0 Å². The van der Waals surface area contributed by atoms with Gasteiger partial charge in [-0.3, -0.25) is 9.59 Å². The molecule has 0 bridgehead atoms. The largest absolute Gasteiger partial charge is 0.480 e. The van der Waals surface area contributed by atoms with E-state index in [1.165, 1.54) is 33.9 Å². The third kappa shape index (κ3) is 5.32. The van der Waals surface area contributed by atoms with Gasteiger partial charge >= 0.3 is 5.97 Å². The predicted molar refractivity (Wildman–Crippen MR) is 114 cm³/mol. The van der Waals surface area contributed by atoms with E-state index in [4.69, 9.17) is 5.11 Å². The summed E-state index contributed by atoms with van der Waals surface area (Å²) in [6, 6.07) is 7.75. The fourth-order valence-corrected chi connectivity index (χ4v) is 5.26. The Hall–Kier alpha value is -2.56. The average Bonchev–Trinajstić information content (AvgIpc) is 3.13. The van der Waals surface area contributed by atoms with E-state index in [1.807, 2.05) is 10.8 Å². The number of sulfonamides is 1. The number of thiophene rings is 1. The van der Waals surface area contributed by atoms with Crippen molar-refractivity contribution in [2.24, 2.45) is 11.0 Å². The first-order valence-corrected chi connectivity index (χ1v) is 11.7. The molecule has 1 atom stereocenters. The normalized spacial score (nSPS) is 16.7. The highest BCUT2D eigenvalue weighted by Gasteiger charge is 2.20. The number of aliphatic carboxylic acids is 1. The number of carboxylic acid groups (broad SMARTS) is 1. The van der Waals surface area contributed by atoms with Crippen molar-refractivity contribution >= 4 is 38.9 Å². The molecule has 0 spiro atoms. The zero-order chi connectivity index (χ0) is 21.9. The van der Waals surface area contributed by atoms with E-state index < -0.39 is 22.5 Å². The van der Waals surface area contributed by atoms with E-state index >= 15 is 0 Å². The van der Waals surface area contributed by atoms with Crippen molar-refractivity contribution in [3.8, 4) is 0 Å². The Morgan fingerprint density at radius 1 is 1.27 bits per heavy atom. The standard InChI is InChI=1S/C20H23N3O5S2/c1-12-3-8-17-15(9-12)10-18(29-17)20(26)23-22-13(2)14-4-6-16(7-5-14)30(27,28)21-11-19(24)25/h4-7,10,12,21H,3,8-9,11H2,1-2H3,(H,23,26)(H,24,25)/t12-/m0/s1. The number of nitrogens with zero attached hydrogens (tertiary/aromatic N) is 1.